The average molecular weight is 345 g/mol. The Balaban J connectivity index is 1.59. The van der Waals surface area contributed by atoms with Crippen LogP contribution in [0.3, 0.4) is 0 Å². The van der Waals surface area contributed by atoms with Gasteiger partial charge >= 0.3 is 0 Å². The van der Waals surface area contributed by atoms with Gasteiger partial charge in [0.2, 0.25) is 0 Å². The van der Waals surface area contributed by atoms with Crippen LogP contribution in [-0.4, -0.2) is 61.2 Å². The first kappa shape index (κ1) is 18.0. The van der Waals surface area contributed by atoms with Crippen LogP contribution in [0.2, 0.25) is 0 Å². The molecule has 2 atom stereocenters. The van der Waals surface area contributed by atoms with Gasteiger partial charge in [0.05, 0.1) is 6.54 Å². The Labute approximate surface area is 151 Å². The van der Waals surface area contributed by atoms with Gasteiger partial charge in [0, 0.05) is 45.0 Å². The largest absolute Gasteiger partial charge is 0.357 e. The molecule has 1 saturated heterocycles. The molecular formula is C19H32N6. The van der Waals surface area contributed by atoms with E-state index in [-0.39, 0.29) is 0 Å². The number of pyridine rings is 1. The first-order valence-corrected chi connectivity index (χ1v) is 9.66. The van der Waals surface area contributed by atoms with Crippen molar-refractivity contribution in [2.24, 2.45) is 10.9 Å². The van der Waals surface area contributed by atoms with Crippen molar-refractivity contribution in [2.45, 2.75) is 39.8 Å². The Bertz CT molecular complexity index is 579. The van der Waals surface area contributed by atoms with Crippen molar-refractivity contribution in [2.75, 3.05) is 44.2 Å². The highest BCUT2D eigenvalue weighted by molar-refractivity contribution is 5.80. The van der Waals surface area contributed by atoms with E-state index in [1.54, 1.807) is 0 Å². The first-order valence-electron chi connectivity index (χ1n) is 9.66. The SMILES string of the molecule is CCNC(=NCc1ccnc(N2CCN(CC)CC2)c1)NC1CC1C. The van der Waals surface area contributed by atoms with Gasteiger partial charge in [-0.2, -0.15) is 0 Å². The lowest BCUT2D eigenvalue weighted by atomic mass is 10.2. The normalized spacial score (nSPS) is 24.3. The molecule has 0 bridgehead atoms. The zero-order valence-electron chi connectivity index (χ0n) is 15.8. The van der Waals surface area contributed by atoms with E-state index in [1.165, 1.54) is 12.0 Å². The highest BCUT2D eigenvalue weighted by Gasteiger charge is 2.33. The van der Waals surface area contributed by atoms with Gasteiger partial charge in [-0.25, -0.2) is 9.98 Å². The van der Waals surface area contributed by atoms with Gasteiger partial charge in [0.25, 0.3) is 0 Å². The van der Waals surface area contributed by atoms with Gasteiger partial charge in [0.15, 0.2) is 5.96 Å². The number of hydrogen-bond donors (Lipinski definition) is 2. The molecule has 3 rings (SSSR count). The maximum Gasteiger partial charge on any atom is 0.191 e. The van der Waals surface area contributed by atoms with E-state index in [4.69, 9.17) is 4.99 Å². The summed E-state index contributed by atoms with van der Waals surface area (Å²) in [6, 6.07) is 4.84. The number of piperazine rings is 1. The molecule has 0 aromatic carbocycles. The van der Waals surface area contributed by atoms with E-state index >= 15 is 0 Å². The third kappa shape index (κ3) is 5.08. The van der Waals surface area contributed by atoms with Crippen LogP contribution in [0.25, 0.3) is 0 Å². The quantitative estimate of drug-likeness (QED) is 0.607. The van der Waals surface area contributed by atoms with Gasteiger partial charge in [-0.3, -0.25) is 0 Å². The molecule has 0 spiro atoms. The summed E-state index contributed by atoms with van der Waals surface area (Å²) in [5.41, 5.74) is 1.21. The highest BCUT2D eigenvalue weighted by Crippen LogP contribution is 2.28. The van der Waals surface area contributed by atoms with Crippen LogP contribution < -0.4 is 15.5 Å². The second-order valence-corrected chi connectivity index (χ2v) is 7.10. The lowest BCUT2D eigenvalue weighted by molar-refractivity contribution is 0.270. The minimum Gasteiger partial charge on any atom is -0.357 e. The molecule has 138 valence electrons. The fraction of sp³-hybridized carbons (Fsp3) is 0.684. The molecule has 0 radical (unpaired) electrons. The molecule has 1 aromatic heterocycles. The average Bonchev–Trinajstić information content (AvgIpc) is 3.35. The standard InChI is InChI=1S/C19H32N6/c1-4-20-19(23-17-12-15(17)3)22-14-16-6-7-21-18(13-16)25-10-8-24(5-2)9-11-25/h6-7,13,15,17H,4-5,8-12,14H2,1-3H3,(H2,20,22,23). The van der Waals surface area contributed by atoms with E-state index in [9.17, 15) is 0 Å². The number of guanidine groups is 1. The lowest BCUT2D eigenvalue weighted by Gasteiger charge is -2.34. The molecule has 1 aliphatic carbocycles. The number of anilines is 1. The summed E-state index contributed by atoms with van der Waals surface area (Å²) in [6.07, 6.45) is 3.16. The van der Waals surface area contributed by atoms with Gasteiger partial charge in [-0.05, 0) is 43.5 Å². The maximum absolute atomic E-state index is 4.75. The molecule has 25 heavy (non-hydrogen) atoms. The smallest absolute Gasteiger partial charge is 0.191 e. The number of aromatic nitrogens is 1. The Morgan fingerprint density at radius 3 is 2.68 bits per heavy atom. The summed E-state index contributed by atoms with van der Waals surface area (Å²) < 4.78 is 0. The van der Waals surface area contributed by atoms with Crippen LogP contribution in [0.1, 0.15) is 32.8 Å². The minimum absolute atomic E-state index is 0.584. The topological polar surface area (TPSA) is 55.8 Å². The van der Waals surface area contributed by atoms with Crippen molar-refractivity contribution in [3.05, 3.63) is 23.9 Å². The number of likely N-dealkylation sites (N-methyl/N-ethyl adjacent to an activating group) is 1. The number of hydrogen-bond acceptors (Lipinski definition) is 4. The Morgan fingerprint density at radius 2 is 2.04 bits per heavy atom. The Hall–Kier alpha value is -1.82. The number of nitrogens with zero attached hydrogens (tertiary/aromatic N) is 4. The van der Waals surface area contributed by atoms with E-state index in [0.29, 0.717) is 12.6 Å². The molecule has 1 saturated carbocycles. The molecule has 2 aliphatic rings. The molecule has 2 N–H and O–H groups in total. The summed E-state index contributed by atoms with van der Waals surface area (Å²) in [5.74, 6) is 2.77. The summed E-state index contributed by atoms with van der Waals surface area (Å²) in [6.45, 7) is 13.7. The Kier molecular flexibility index (Phi) is 6.13. The Morgan fingerprint density at radius 1 is 1.28 bits per heavy atom. The van der Waals surface area contributed by atoms with E-state index < -0.39 is 0 Å². The number of nitrogens with one attached hydrogen (secondary N) is 2. The van der Waals surface area contributed by atoms with Gasteiger partial charge in [0.1, 0.15) is 5.82 Å². The number of aliphatic imine (C=N–C) groups is 1. The van der Waals surface area contributed by atoms with E-state index in [1.807, 2.05) is 6.20 Å². The van der Waals surface area contributed by atoms with E-state index in [0.717, 1.165) is 57.0 Å². The zero-order chi connectivity index (χ0) is 17.6. The third-order valence-electron chi connectivity index (χ3n) is 5.15. The zero-order valence-corrected chi connectivity index (χ0v) is 15.8. The van der Waals surface area contributed by atoms with Crippen molar-refractivity contribution in [1.82, 2.24) is 20.5 Å². The van der Waals surface area contributed by atoms with Crippen LogP contribution in [0.15, 0.2) is 23.3 Å². The van der Waals surface area contributed by atoms with Crippen LogP contribution in [0, 0.1) is 5.92 Å². The third-order valence-corrected chi connectivity index (χ3v) is 5.15. The van der Waals surface area contributed by atoms with E-state index in [2.05, 4.69) is 58.3 Å². The van der Waals surface area contributed by atoms with Crippen LogP contribution in [0.5, 0.6) is 0 Å². The van der Waals surface area contributed by atoms with Gasteiger partial charge < -0.3 is 20.4 Å². The predicted molar refractivity (Wildman–Crippen MR) is 104 cm³/mol. The first-order chi connectivity index (χ1) is 12.2. The van der Waals surface area contributed by atoms with Gasteiger partial charge in [-0.1, -0.05) is 13.8 Å². The molecule has 2 unspecified atom stereocenters. The summed E-state index contributed by atoms with van der Waals surface area (Å²) >= 11 is 0. The number of rotatable bonds is 6. The van der Waals surface area contributed by atoms with Crippen LogP contribution in [-0.2, 0) is 6.54 Å². The van der Waals surface area contributed by atoms with Crippen LogP contribution in [0.4, 0.5) is 5.82 Å². The summed E-state index contributed by atoms with van der Waals surface area (Å²) in [5, 5.41) is 6.85. The second kappa shape index (κ2) is 8.52. The van der Waals surface area contributed by atoms with Crippen molar-refractivity contribution in [3.63, 3.8) is 0 Å². The molecule has 2 heterocycles. The molecule has 1 aromatic rings. The van der Waals surface area contributed by atoms with Crippen molar-refractivity contribution < 1.29 is 0 Å². The molecule has 2 fully saturated rings. The summed E-state index contributed by atoms with van der Waals surface area (Å²) in [4.78, 5) is 14.2. The second-order valence-electron chi connectivity index (χ2n) is 7.10. The monoisotopic (exact) mass is 344 g/mol. The highest BCUT2D eigenvalue weighted by atomic mass is 15.3. The molecule has 6 nitrogen and oxygen atoms in total. The molecule has 1 aliphatic heterocycles. The van der Waals surface area contributed by atoms with Crippen molar-refractivity contribution >= 4 is 11.8 Å². The summed E-state index contributed by atoms with van der Waals surface area (Å²) in [7, 11) is 0. The molecular weight excluding hydrogens is 312 g/mol. The van der Waals surface area contributed by atoms with Gasteiger partial charge in [-0.15, -0.1) is 0 Å². The predicted octanol–water partition coefficient (Wildman–Crippen LogP) is 1.69. The lowest BCUT2D eigenvalue weighted by Crippen LogP contribution is -2.46. The van der Waals surface area contributed by atoms with Crippen LogP contribution >= 0.6 is 0 Å². The minimum atomic E-state index is 0.584. The fourth-order valence-electron chi connectivity index (χ4n) is 3.21. The fourth-order valence-corrected chi connectivity index (χ4v) is 3.21. The van der Waals surface area contributed by atoms with Crippen molar-refractivity contribution in [3.8, 4) is 0 Å². The van der Waals surface area contributed by atoms with Crippen molar-refractivity contribution in [1.29, 1.82) is 0 Å². The maximum atomic E-state index is 4.75. The molecule has 6 heteroatoms. The molecule has 0 amide bonds.